The fourth-order valence-electron chi connectivity index (χ4n) is 3.87. The van der Waals surface area contributed by atoms with Gasteiger partial charge in [0.1, 0.15) is 0 Å². The standard InChI is InChI=1S/C25H19ClN2/c1-16-7-9-17(10-8-16)21-15-22(18-11-13-19(26)14-12-18)27-24-20-5-3-4-6-23(20)28(2)25(21)24/h3-15H,1-2H3. The molecule has 2 nitrogen and oxygen atoms in total. The zero-order valence-corrected chi connectivity index (χ0v) is 16.5. The molecule has 0 bridgehead atoms. The van der Waals surface area contributed by atoms with Crippen molar-refractivity contribution in [1.29, 1.82) is 0 Å². The van der Waals surface area contributed by atoms with Crippen LogP contribution in [-0.4, -0.2) is 9.55 Å². The van der Waals surface area contributed by atoms with E-state index in [1.165, 1.54) is 27.6 Å². The van der Waals surface area contributed by atoms with E-state index in [4.69, 9.17) is 16.6 Å². The fraction of sp³-hybridized carbons (Fsp3) is 0.0800. The molecule has 5 rings (SSSR count). The molecular weight excluding hydrogens is 364 g/mol. The second-order valence-electron chi connectivity index (χ2n) is 7.20. The third-order valence-corrected chi connectivity index (χ3v) is 5.60. The highest BCUT2D eigenvalue weighted by molar-refractivity contribution is 6.30. The summed E-state index contributed by atoms with van der Waals surface area (Å²) in [7, 11) is 2.12. The van der Waals surface area contributed by atoms with Crippen molar-refractivity contribution in [3.63, 3.8) is 0 Å². The second kappa shape index (κ2) is 6.50. The number of fused-ring (bicyclic) bond motifs is 3. The van der Waals surface area contributed by atoms with Gasteiger partial charge in [0.15, 0.2) is 0 Å². The van der Waals surface area contributed by atoms with Crippen LogP contribution < -0.4 is 0 Å². The number of pyridine rings is 1. The van der Waals surface area contributed by atoms with Gasteiger partial charge in [0, 0.05) is 28.6 Å². The number of hydrogen-bond acceptors (Lipinski definition) is 1. The van der Waals surface area contributed by atoms with Gasteiger partial charge in [-0.15, -0.1) is 0 Å². The summed E-state index contributed by atoms with van der Waals surface area (Å²) in [5, 5.41) is 1.90. The molecule has 0 fully saturated rings. The van der Waals surface area contributed by atoms with E-state index >= 15 is 0 Å². The quantitative estimate of drug-likeness (QED) is 0.320. The molecule has 3 heteroatoms. The molecule has 136 valence electrons. The minimum Gasteiger partial charge on any atom is -0.342 e. The molecule has 0 spiro atoms. The van der Waals surface area contributed by atoms with Crippen LogP contribution in [0, 0.1) is 6.92 Å². The Morgan fingerprint density at radius 1 is 0.821 bits per heavy atom. The molecule has 0 atom stereocenters. The first-order valence-corrected chi connectivity index (χ1v) is 9.71. The Balaban J connectivity index is 1.89. The molecule has 0 N–H and O–H groups in total. The summed E-state index contributed by atoms with van der Waals surface area (Å²) in [6, 6.07) is 27.2. The van der Waals surface area contributed by atoms with Crippen molar-refractivity contribution in [1.82, 2.24) is 9.55 Å². The molecule has 28 heavy (non-hydrogen) atoms. The SMILES string of the molecule is Cc1ccc(-c2cc(-c3ccc(Cl)cc3)nc3c4ccccc4n(C)c23)cc1. The molecule has 0 radical (unpaired) electrons. The van der Waals surface area contributed by atoms with E-state index in [9.17, 15) is 0 Å². The number of benzene rings is 3. The smallest absolute Gasteiger partial charge is 0.0973 e. The van der Waals surface area contributed by atoms with Gasteiger partial charge in [-0.1, -0.05) is 71.8 Å². The van der Waals surface area contributed by atoms with E-state index in [2.05, 4.69) is 73.1 Å². The van der Waals surface area contributed by atoms with Crippen molar-refractivity contribution in [3.8, 4) is 22.4 Å². The zero-order chi connectivity index (χ0) is 19.3. The Morgan fingerprint density at radius 2 is 1.50 bits per heavy atom. The largest absolute Gasteiger partial charge is 0.342 e. The maximum Gasteiger partial charge on any atom is 0.0973 e. The highest BCUT2D eigenvalue weighted by atomic mass is 35.5. The topological polar surface area (TPSA) is 17.8 Å². The Bertz CT molecular complexity index is 1310. The van der Waals surface area contributed by atoms with Crippen molar-refractivity contribution < 1.29 is 0 Å². The lowest BCUT2D eigenvalue weighted by molar-refractivity contribution is 1.01. The number of hydrogen-bond donors (Lipinski definition) is 0. The highest BCUT2D eigenvalue weighted by Crippen LogP contribution is 2.37. The van der Waals surface area contributed by atoms with Crippen LogP contribution in [0.1, 0.15) is 5.56 Å². The molecule has 0 aliphatic rings. The number of para-hydroxylation sites is 1. The van der Waals surface area contributed by atoms with Crippen molar-refractivity contribution >= 4 is 33.5 Å². The van der Waals surface area contributed by atoms with Crippen molar-refractivity contribution in [2.75, 3.05) is 0 Å². The molecule has 0 aliphatic heterocycles. The van der Waals surface area contributed by atoms with Crippen LogP contribution in [0.15, 0.2) is 78.9 Å². The lowest BCUT2D eigenvalue weighted by Crippen LogP contribution is -1.93. The normalized spacial score (nSPS) is 11.4. The van der Waals surface area contributed by atoms with Crippen LogP contribution in [0.5, 0.6) is 0 Å². The first-order chi connectivity index (χ1) is 13.6. The Labute approximate surface area is 169 Å². The molecule has 2 aromatic heterocycles. The van der Waals surface area contributed by atoms with Crippen LogP contribution >= 0.6 is 11.6 Å². The van der Waals surface area contributed by atoms with E-state index < -0.39 is 0 Å². The maximum atomic E-state index is 6.09. The predicted molar refractivity (Wildman–Crippen MR) is 119 cm³/mol. The van der Waals surface area contributed by atoms with E-state index in [1.807, 2.05) is 24.3 Å². The van der Waals surface area contributed by atoms with E-state index in [-0.39, 0.29) is 0 Å². The highest BCUT2D eigenvalue weighted by Gasteiger charge is 2.16. The van der Waals surface area contributed by atoms with Crippen molar-refractivity contribution in [3.05, 3.63) is 89.4 Å². The monoisotopic (exact) mass is 382 g/mol. The number of halogens is 1. The molecule has 0 aliphatic carbocycles. The third kappa shape index (κ3) is 2.69. The van der Waals surface area contributed by atoms with Gasteiger partial charge >= 0.3 is 0 Å². The zero-order valence-electron chi connectivity index (χ0n) is 15.8. The Morgan fingerprint density at radius 3 is 2.25 bits per heavy atom. The van der Waals surface area contributed by atoms with Crippen LogP contribution in [-0.2, 0) is 7.05 Å². The van der Waals surface area contributed by atoms with Gasteiger partial charge < -0.3 is 4.57 Å². The lowest BCUT2D eigenvalue weighted by atomic mass is 10.0. The number of aryl methyl sites for hydroxylation is 2. The van der Waals surface area contributed by atoms with Gasteiger partial charge in [-0.3, -0.25) is 0 Å². The Hall–Kier alpha value is -3.10. The van der Waals surface area contributed by atoms with Crippen LogP contribution in [0.3, 0.4) is 0 Å². The summed E-state index contributed by atoms with van der Waals surface area (Å²) in [5.41, 5.74) is 9.02. The minimum absolute atomic E-state index is 0.730. The Kier molecular flexibility index (Phi) is 3.96. The predicted octanol–water partition coefficient (Wildman–Crippen LogP) is 7.02. The van der Waals surface area contributed by atoms with Crippen LogP contribution in [0.4, 0.5) is 0 Å². The van der Waals surface area contributed by atoms with Gasteiger partial charge in [-0.05, 0) is 36.8 Å². The summed E-state index contributed by atoms with van der Waals surface area (Å²) >= 11 is 6.09. The summed E-state index contributed by atoms with van der Waals surface area (Å²) in [4.78, 5) is 5.06. The fourth-order valence-corrected chi connectivity index (χ4v) is 4.00. The molecule has 2 heterocycles. The number of aromatic nitrogens is 2. The van der Waals surface area contributed by atoms with E-state index in [0.29, 0.717) is 0 Å². The summed E-state index contributed by atoms with van der Waals surface area (Å²) in [6.07, 6.45) is 0. The van der Waals surface area contributed by atoms with Crippen molar-refractivity contribution in [2.24, 2.45) is 7.05 Å². The molecule has 0 unspecified atom stereocenters. The first-order valence-electron chi connectivity index (χ1n) is 9.33. The van der Waals surface area contributed by atoms with E-state index in [1.54, 1.807) is 0 Å². The second-order valence-corrected chi connectivity index (χ2v) is 7.64. The number of rotatable bonds is 2. The van der Waals surface area contributed by atoms with Gasteiger partial charge in [-0.25, -0.2) is 4.98 Å². The molecule has 3 aromatic carbocycles. The summed E-state index contributed by atoms with van der Waals surface area (Å²) in [6.45, 7) is 2.11. The van der Waals surface area contributed by atoms with Gasteiger partial charge in [0.25, 0.3) is 0 Å². The first kappa shape index (κ1) is 17.0. The molecule has 0 amide bonds. The third-order valence-electron chi connectivity index (χ3n) is 5.35. The molecule has 5 aromatic rings. The average Bonchev–Trinajstić information content (AvgIpc) is 3.01. The van der Waals surface area contributed by atoms with Crippen molar-refractivity contribution in [2.45, 2.75) is 6.92 Å². The minimum atomic E-state index is 0.730. The summed E-state index contributed by atoms with van der Waals surface area (Å²) < 4.78 is 2.25. The summed E-state index contributed by atoms with van der Waals surface area (Å²) in [5.74, 6) is 0. The van der Waals surface area contributed by atoms with Gasteiger partial charge in [0.05, 0.1) is 22.2 Å². The lowest BCUT2D eigenvalue weighted by Gasteiger charge is -2.10. The van der Waals surface area contributed by atoms with E-state index in [0.717, 1.165) is 27.3 Å². The van der Waals surface area contributed by atoms with Crippen LogP contribution in [0.25, 0.3) is 44.3 Å². The molecule has 0 saturated heterocycles. The number of nitrogens with zero attached hydrogens (tertiary/aromatic N) is 2. The van der Waals surface area contributed by atoms with Crippen LogP contribution in [0.2, 0.25) is 5.02 Å². The average molecular weight is 383 g/mol. The van der Waals surface area contributed by atoms with Gasteiger partial charge in [-0.2, -0.15) is 0 Å². The maximum absolute atomic E-state index is 6.09. The van der Waals surface area contributed by atoms with Gasteiger partial charge in [0.2, 0.25) is 0 Å². The molecule has 0 saturated carbocycles. The molecular formula is C25H19ClN2.